The van der Waals surface area contributed by atoms with E-state index in [1.54, 1.807) is 12.1 Å². The highest BCUT2D eigenvalue weighted by atomic mass is 35.5. The molecule has 116 valence electrons. The van der Waals surface area contributed by atoms with E-state index in [4.69, 9.17) is 28.9 Å². The van der Waals surface area contributed by atoms with Crippen LogP contribution in [0.5, 0.6) is 0 Å². The SMILES string of the molecule is NC(=O)CN(c1ccccc1Cl)S(=O)(=O)c1ccc(Cl)cc1. The number of benzene rings is 2. The van der Waals surface area contributed by atoms with Crippen LogP contribution in [0.3, 0.4) is 0 Å². The van der Waals surface area contributed by atoms with Gasteiger partial charge >= 0.3 is 0 Å². The number of halogens is 2. The minimum absolute atomic E-state index is 0.0157. The monoisotopic (exact) mass is 358 g/mol. The number of hydrogen-bond acceptors (Lipinski definition) is 3. The van der Waals surface area contributed by atoms with E-state index >= 15 is 0 Å². The number of anilines is 1. The predicted molar refractivity (Wildman–Crippen MR) is 86.6 cm³/mol. The molecule has 0 aromatic heterocycles. The Morgan fingerprint density at radius 1 is 1.05 bits per heavy atom. The van der Waals surface area contributed by atoms with E-state index in [2.05, 4.69) is 0 Å². The number of rotatable bonds is 5. The molecular weight excluding hydrogens is 347 g/mol. The number of para-hydroxylation sites is 1. The molecule has 5 nitrogen and oxygen atoms in total. The molecule has 2 rings (SSSR count). The Bertz CT molecular complexity index is 792. The van der Waals surface area contributed by atoms with E-state index in [0.29, 0.717) is 5.02 Å². The first kappa shape index (κ1) is 16.6. The Labute approximate surface area is 138 Å². The van der Waals surface area contributed by atoms with Crippen molar-refractivity contribution in [3.8, 4) is 0 Å². The van der Waals surface area contributed by atoms with Crippen LogP contribution in [0, 0.1) is 0 Å². The van der Waals surface area contributed by atoms with Gasteiger partial charge in [0.05, 0.1) is 15.6 Å². The van der Waals surface area contributed by atoms with Crippen LogP contribution in [0.4, 0.5) is 5.69 Å². The largest absolute Gasteiger partial charge is 0.368 e. The third-order valence-electron chi connectivity index (χ3n) is 2.82. The van der Waals surface area contributed by atoms with Gasteiger partial charge in [0.1, 0.15) is 6.54 Å². The predicted octanol–water partition coefficient (Wildman–Crippen LogP) is 2.67. The summed E-state index contributed by atoms with van der Waals surface area (Å²) >= 11 is 11.8. The van der Waals surface area contributed by atoms with Crippen molar-refractivity contribution in [1.82, 2.24) is 0 Å². The first-order valence-corrected chi connectivity index (χ1v) is 8.33. The van der Waals surface area contributed by atoms with Crippen molar-refractivity contribution >= 4 is 44.8 Å². The Hall–Kier alpha value is -1.76. The quantitative estimate of drug-likeness (QED) is 0.891. The highest BCUT2D eigenvalue weighted by Crippen LogP contribution is 2.30. The summed E-state index contributed by atoms with van der Waals surface area (Å²) in [5.74, 6) is -0.794. The van der Waals surface area contributed by atoms with Gasteiger partial charge in [-0.3, -0.25) is 9.10 Å². The van der Waals surface area contributed by atoms with Crippen LogP contribution in [0.2, 0.25) is 10.0 Å². The number of primary amides is 1. The molecule has 0 bridgehead atoms. The minimum atomic E-state index is -4.00. The zero-order chi connectivity index (χ0) is 16.3. The number of carbonyl (C=O) groups excluding carboxylic acids is 1. The van der Waals surface area contributed by atoms with Crippen molar-refractivity contribution in [2.45, 2.75) is 4.90 Å². The molecule has 0 heterocycles. The van der Waals surface area contributed by atoms with E-state index in [-0.39, 0.29) is 15.6 Å². The van der Waals surface area contributed by atoms with Gasteiger partial charge in [0.15, 0.2) is 0 Å². The van der Waals surface area contributed by atoms with Gasteiger partial charge in [-0.2, -0.15) is 0 Å². The van der Waals surface area contributed by atoms with Gasteiger partial charge < -0.3 is 5.73 Å². The van der Waals surface area contributed by atoms with Gasteiger partial charge in [-0.05, 0) is 36.4 Å². The summed E-state index contributed by atoms with van der Waals surface area (Å²) in [5, 5.41) is 0.597. The highest BCUT2D eigenvalue weighted by Gasteiger charge is 2.27. The van der Waals surface area contributed by atoms with Crippen LogP contribution in [-0.4, -0.2) is 20.9 Å². The maximum atomic E-state index is 12.7. The van der Waals surface area contributed by atoms with Gasteiger partial charge in [0.25, 0.3) is 10.0 Å². The molecular formula is C14H12Cl2N2O3S. The van der Waals surface area contributed by atoms with Gasteiger partial charge in [0.2, 0.25) is 5.91 Å². The van der Waals surface area contributed by atoms with Crippen molar-refractivity contribution in [2.75, 3.05) is 10.8 Å². The van der Waals surface area contributed by atoms with Crippen molar-refractivity contribution in [2.24, 2.45) is 5.73 Å². The second kappa shape index (κ2) is 6.56. The molecule has 2 N–H and O–H groups in total. The first-order chi connectivity index (χ1) is 10.3. The van der Waals surface area contributed by atoms with Gasteiger partial charge in [0, 0.05) is 5.02 Å². The normalized spacial score (nSPS) is 11.2. The molecule has 8 heteroatoms. The standard InChI is InChI=1S/C14H12Cl2N2O3S/c15-10-5-7-11(8-6-10)22(20,21)18(9-14(17)19)13-4-2-1-3-12(13)16/h1-8H,9H2,(H2,17,19). The lowest BCUT2D eigenvalue weighted by molar-refractivity contribution is -0.116. The second-order valence-electron chi connectivity index (χ2n) is 4.38. The first-order valence-electron chi connectivity index (χ1n) is 6.13. The van der Waals surface area contributed by atoms with Crippen LogP contribution < -0.4 is 10.0 Å². The van der Waals surface area contributed by atoms with Crippen LogP contribution in [0.15, 0.2) is 53.4 Å². The zero-order valence-corrected chi connectivity index (χ0v) is 13.6. The summed E-state index contributed by atoms with van der Waals surface area (Å²) in [7, 11) is -4.00. The Morgan fingerprint density at radius 3 is 2.18 bits per heavy atom. The van der Waals surface area contributed by atoms with E-state index in [1.807, 2.05) is 0 Å². The molecule has 0 fully saturated rings. The third-order valence-corrected chi connectivity index (χ3v) is 5.17. The van der Waals surface area contributed by atoms with Crippen molar-refractivity contribution < 1.29 is 13.2 Å². The summed E-state index contributed by atoms with van der Waals surface area (Å²) in [6, 6.07) is 11.9. The third kappa shape index (κ3) is 3.52. The molecule has 0 aliphatic rings. The molecule has 0 saturated heterocycles. The number of nitrogens with two attached hydrogens (primary N) is 1. The Balaban J connectivity index is 2.56. The maximum Gasteiger partial charge on any atom is 0.264 e. The second-order valence-corrected chi connectivity index (χ2v) is 7.09. The summed E-state index contributed by atoms with van der Waals surface area (Å²) in [4.78, 5) is 11.3. The van der Waals surface area contributed by atoms with E-state index in [0.717, 1.165) is 4.31 Å². The fourth-order valence-corrected chi connectivity index (χ4v) is 3.69. The number of carbonyl (C=O) groups is 1. The lowest BCUT2D eigenvalue weighted by Gasteiger charge is -2.24. The minimum Gasteiger partial charge on any atom is -0.368 e. The molecule has 0 aliphatic heterocycles. The number of hydrogen-bond donors (Lipinski definition) is 1. The number of amides is 1. The summed E-state index contributed by atoms with van der Waals surface area (Å²) in [6.45, 7) is -0.519. The molecule has 2 aromatic carbocycles. The van der Waals surface area contributed by atoms with Crippen molar-refractivity contribution in [3.05, 3.63) is 58.6 Å². The molecule has 0 saturated carbocycles. The molecule has 0 spiro atoms. The van der Waals surface area contributed by atoms with E-state index < -0.39 is 22.5 Å². The van der Waals surface area contributed by atoms with Crippen molar-refractivity contribution in [1.29, 1.82) is 0 Å². The molecule has 0 aliphatic carbocycles. The number of sulfonamides is 1. The molecule has 0 radical (unpaired) electrons. The van der Waals surface area contributed by atoms with Gasteiger partial charge in [-0.25, -0.2) is 8.42 Å². The molecule has 1 amide bonds. The smallest absolute Gasteiger partial charge is 0.264 e. The van der Waals surface area contributed by atoms with E-state index in [9.17, 15) is 13.2 Å². The summed E-state index contributed by atoms with van der Waals surface area (Å²) in [6.07, 6.45) is 0. The average Bonchev–Trinajstić information content (AvgIpc) is 2.46. The maximum absolute atomic E-state index is 12.7. The Kier molecular flexibility index (Phi) is 4.95. The van der Waals surface area contributed by atoms with E-state index in [1.165, 1.54) is 36.4 Å². The van der Waals surface area contributed by atoms with Gasteiger partial charge in [-0.15, -0.1) is 0 Å². The van der Waals surface area contributed by atoms with Crippen molar-refractivity contribution in [3.63, 3.8) is 0 Å². The fraction of sp³-hybridized carbons (Fsp3) is 0.0714. The molecule has 0 unspecified atom stereocenters. The number of nitrogens with zero attached hydrogens (tertiary/aromatic N) is 1. The lowest BCUT2D eigenvalue weighted by atomic mass is 10.3. The summed E-state index contributed by atoms with van der Waals surface area (Å²) < 4.78 is 26.4. The molecule has 2 aromatic rings. The fourth-order valence-electron chi connectivity index (χ4n) is 1.83. The van der Waals surface area contributed by atoms with Crippen LogP contribution in [0.1, 0.15) is 0 Å². The lowest BCUT2D eigenvalue weighted by Crippen LogP contribution is -2.38. The van der Waals surface area contributed by atoms with Gasteiger partial charge in [-0.1, -0.05) is 35.3 Å². The van der Waals surface area contributed by atoms with Crippen LogP contribution >= 0.6 is 23.2 Å². The molecule has 22 heavy (non-hydrogen) atoms. The highest BCUT2D eigenvalue weighted by molar-refractivity contribution is 7.92. The average molecular weight is 359 g/mol. The van der Waals surface area contributed by atoms with Crippen LogP contribution in [-0.2, 0) is 14.8 Å². The molecule has 0 atom stereocenters. The topological polar surface area (TPSA) is 80.5 Å². The van der Waals surface area contributed by atoms with Crippen LogP contribution in [0.25, 0.3) is 0 Å². The summed E-state index contributed by atoms with van der Waals surface area (Å²) in [5.41, 5.74) is 5.35. The zero-order valence-electron chi connectivity index (χ0n) is 11.2. The Morgan fingerprint density at radius 2 is 1.64 bits per heavy atom.